The smallest absolute Gasteiger partial charge is 0.306 e. The van der Waals surface area contributed by atoms with E-state index in [2.05, 4.69) is 5.32 Å². The fourth-order valence-electron chi connectivity index (χ4n) is 2.22. The summed E-state index contributed by atoms with van der Waals surface area (Å²) in [6.07, 6.45) is 0.287. The molecule has 122 valence electrons. The number of amides is 1. The molecule has 0 bridgehead atoms. The molecule has 0 unspecified atom stereocenters. The first-order valence-electron chi connectivity index (χ1n) is 7.07. The number of carbonyl (C=O) groups is 2. The summed E-state index contributed by atoms with van der Waals surface area (Å²) in [7, 11) is -3.05. The summed E-state index contributed by atoms with van der Waals surface area (Å²) >= 11 is 1.56. The van der Waals surface area contributed by atoms with Crippen molar-refractivity contribution in [3.05, 3.63) is 22.4 Å². The second-order valence-electron chi connectivity index (χ2n) is 5.37. The van der Waals surface area contributed by atoms with Gasteiger partial charge >= 0.3 is 5.97 Å². The number of carbonyl (C=O) groups excluding carboxylic acids is 2. The van der Waals surface area contributed by atoms with Gasteiger partial charge in [-0.1, -0.05) is 0 Å². The van der Waals surface area contributed by atoms with Crippen LogP contribution in [0.3, 0.4) is 0 Å². The minimum absolute atomic E-state index is 0.0441. The van der Waals surface area contributed by atoms with Crippen LogP contribution in [0, 0.1) is 0 Å². The largest absolute Gasteiger partial charge is 0.453 e. The Balaban J connectivity index is 1.72. The van der Waals surface area contributed by atoms with E-state index >= 15 is 0 Å². The lowest BCUT2D eigenvalue weighted by atomic mass is 10.2. The number of esters is 1. The number of thiophene rings is 1. The molecule has 0 radical (unpaired) electrons. The highest BCUT2D eigenvalue weighted by molar-refractivity contribution is 7.91. The van der Waals surface area contributed by atoms with Crippen LogP contribution in [0.15, 0.2) is 16.8 Å². The van der Waals surface area contributed by atoms with Gasteiger partial charge < -0.3 is 10.1 Å². The molecule has 8 heteroatoms. The molecule has 2 atom stereocenters. The molecule has 2 rings (SSSR count). The van der Waals surface area contributed by atoms with E-state index in [0.717, 1.165) is 5.56 Å². The Labute approximate surface area is 133 Å². The van der Waals surface area contributed by atoms with Crippen molar-refractivity contribution in [2.75, 3.05) is 11.5 Å². The topological polar surface area (TPSA) is 89.5 Å². The zero-order valence-electron chi connectivity index (χ0n) is 12.3. The molecule has 1 aromatic heterocycles. The standard InChI is InChI=1S/C14H19NO5S2/c1-10(14(17)15-12-5-7-22(18,19)9-12)20-13(16)3-2-11-4-6-21-8-11/h4,6,8,10,12H,2-3,5,7,9H2,1H3,(H,15,17)/t10-,12-/m1/s1. The molecule has 1 aliphatic heterocycles. The van der Waals surface area contributed by atoms with E-state index in [9.17, 15) is 18.0 Å². The number of ether oxygens (including phenoxy) is 1. The summed E-state index contributed by atoms with van der Waals surface area (Å²) in [5, 5.41) is 6.51. The molecule has 0 saturated carbocycles. The lowest BCUT2D eigenvalue weighted by Gasteiger charge is -2.16. The van der Waals surface area contributed by atoms with Crippen LogP contribution < -0.4 is 5.32 Å². The first kappa shape index (κ1) is 17.0. The van der Waals surface area contributed by atoms with E-state index < -0.39 is 27.8 Å². The Bertz CT molecular complexity index is 624. The molecule has 1 fully saturated rings. The predicted molar refractivity (Wildman–Crippen MR) is 83.4 cm³/mol. The number of nitrogens with one attached hydrogen (secondary N) is 1. The van der Waals surface area contributed by atoms with E-state index in [0.29, 0.717) is 12.8 Å². The van der Waals surface area contributed by atoms with Gasteiger partial charge in [-0.15, -0.1) is 0 Å². The molecule has 2 heterocycles. The first-order chi connectivity index (χ1) is 10.4. The number of hydrogen-bond acceptors (Lipinski definition) is 6. The van der Waals surface area contributed by atoms with Gasteiger partial charge in [0.2, 0.25) is 0 Å². The van der Waals surface area contributed by atoms with Crippen LogP contribution in [0.4, 0.5) is 0 Å². The Hall–Kier alpha value is -1.41. The van der Waals surface area contributed by atoms with E-state index in [-0.39, 0.29) is 24.0 Å². The van der Waals surface area contributed by atoms with Gasteiger partial charge in [0, 0.05) is 12.5 Å². The van der Waals surface area contributed by atoms with E-state index in [1.165, 1.54) is 6.92 Å². The van der Waals surface area contributed by atoms with Crippen LogP contribution in [-0.4, -0.2) is 43.9 Å². The minimum Gasteiger partial charge on any atom is -0.453 e. The van der Waals surface area contributed by atoms with Crippen molar-refractivity contribution in [3.63, 3.8) is 0 Å². The van der Waals surface area contributed by atoms with Gasteiger partial charge in [0.15, 0.2) is 15.9 Å². The Morgan fingerprint density at radius 1 is 1.50 bits per heavy atom. The molecule has 1 N–H and O–H groups in total. The SMILES string of the molecule is C[C@@H](OC(=O)CCc1ccsc1)C(=O)N[C@@H]1CCS(=O)(=O)C1. The minimum atomic E-state index is -3.05. The normalized spacial score (nSPS) is 21.2. The molecular formula is C14H19NO5S2. The van der Waals surface area contributed by atoms with Crippen LogP contribution >= 0.6 is 11.3 Å². The lowest BCUT2D eigenvalue weighted by Crippen LogP contribution is -2.42. The zero-order valence-corrected chi connectivity index (χ0v) is 13.9. The summed E-state index contributed by atoms with van der Waals surface area (Å²) in [6, 6.07) is 1.55. The Morgan fingerprint density at radius 2 is 2.27 bits per heavy atom. The summed E-state index contributed by atoms with van der Waals surface area (Å²) in [4.78, 5) is 23.6. The summed E-state index contributed by atoms with van der Waals surface area (Å²) < 4.78 is 27.7. The van der Waals surface area contributed by atoms with Gasteiger partial charge in [-0.25, -0.2) is 8.42 Å². The molecular weight excluding hydrogens is 326 g/mol. The van der Waals surface area contributed by atoms with Crippen molar-refractivity contribution in [2.24, 2.45) is 0 Å². The van der Waals surface area contributed by atoms with E-state index in [1.54, 1.807) is 11.3 Å². The zero-order chi connectivity index (χ0) is 16.2. The van der Waals surface area contributed by atoms with Crippen LogP contribution in [0.1, 0.15) is 25.3 Å². The maximum absolute atomic E-state index is 11.9. The van der Waals surface area contributed by atoms with Crippen molar-refractivity contribution >= 4 is 33.1 Å². The summed E-state index contributed by atoms with van der Waals surface area (Å²) in [6.45, 7) is 1.49. The second-order valence-corrected chi connectivity index (χ2v) is 8.38. The monoisotopic (exact) mass is 345 g/mol. The van der Waals surface area contributed by atoms with Crippen molar-refractivity contribution in [2.45, 2.75) is 38.3 Å². The second kappa shape index (κ2) is 7.23. The Morgan fingerprint density at radius 3 is 2.86 bits per heavy atom. The quantitative estimate of drug-likeness (QED) is 0.774. The highest BCUT2D eigenvalue weighted by atomic mass is 32.2. The van der Waals surface area contributed by atoms with E-state index in [1.807, 2.05) is 16.8 Å². The Kier molecular flexibility index (Phi) is 5.57. The van der Waals surface area contributed by atoms with Gasteiger partial charge in [-0.05, 0) is 42.2 Å². The summed E-state index contributed by atoms with van der Waals surface area (Å²) in [5.74, 6) is -0.844. The number of sulfone groups is 1. The highest BCUT2D eigenvalue weighted by Crippen LogP contribution is 2.12. The van der Waals surface area contributed by atoms with Crippen LogP contribution in [-0.2, 0) is 30.6 Å². The summed E-state index contributed by atoms with van der Waals surface area (Å²) in [5.41, 5.74) is 1.07. The third-order valence-electron chi connectivity index (χ3n) is 3.45. The number of hydrogen-bond donors (Lipinski definition) is 1. The van der Waals surface area contributed by atoms with Gasteiger partial charge in [0.1, 0.15) is 0 Å². The molecule has 1 aliphatic rings. The van der Waals surface area contributed by atoms with Gasteiger partial charge in [0.05, 0.1) is 11.5 Å². The average molecular weight is 345 g/mol. The number of rotatable bonds is 6. The third-order valence-corrected chi connectivity index (χ3v) is 5.95. The maximum Gasteiger partial charge on any atom is 0.306 e. The molecule has 0 spiro atoms. The first-order valence-corrected chi connectivity index (χ1v) is 9.83. The molecule has 1 aromatic rings. The molecule has 0 aromatic carbocycles. The van der Waals surface area contributed by atoms with Gasteiger partial charge in [-0.3, -0.25) is 9.59 Å². The van der Waals surface area contributed by atoms with Gasteiger partial charge in [-0.2, -0.15) is 11.3 Å². The molecule has 6 nitrogen and oxygen atoms in total. The van der Waals surface area contributed by atoms with Crippen LogP contribution in [0.5, 0.6) is 0 Å². The lowest BCUT2D eigenvalue weighted by molar-refractivity contribution is -0.155. The van der Waals surface area contributed by atoms with Gasteiger partial charge in [0.25, 0.3) is 5.91 Å². The fourth-order valence-corrected chi connectivity index (χ4v) is 4.59. The fraction of sp³-hybridized carbons (Fsp3) is 0.571. The van der Waals surface area contributed by atoms with Crippen LogP contribution in [0.2, 0.25) is 0 Å². The van der Waals surface area contributed by atoms with Crippen molar-refractivity contribution in [3.8, 4) is 0 Å². The number of aryl methyl sites for hydroxylation is 1. The molecule has 0 aliphatic carbocycles. The van der Waals surface area contributed by atoms with Crippen LogP contribution in [0.25, 0.3) is 0 Å². The van der Waals surface area contributed by atoms with Crippen molar-refractivity contribution in [1.82, 2.24) is 5.32 Å². The highest BCUT2D eigenvalue weighted by Gasteiger charge is 2.30. The predicted octanol–water partition coefficient (Wildman–Crippen LogP) is 0.916. The van der Waals surface area contributed by atoms with Crippen molar-refractivity contribution < 1.29 is 22.7 Å². The molecule has 1 amide bonds. The molecule has 1 saturated heterocycles. The van der Waals surface area contributed by atoms with Crippen molar-refractivity contribution in [1.29, 1.82) is 0 Å². The third kappa shape index (κ3) is 5.10. The molecule has 22 heavy (non-hydrogen) atoms. The average Bonchev–Trinajstić information content (AvgIpc) is 3.06. The van der Waals surface area contributed by atoms with E-state index in [4.69, 9.17) is 4.74 Å². The maximum atomic E-state index is 11.9.